The number of rotatable bonds is 2. The Labute approximate surface area is 127 Å². The first kappa shape index (κ1) is 15.3. The molecule has 3 aliphatic rings. The number of nitrogens with zero attached hydrogens (tertiary/aromatic N) is 1. The predicted octanol–water partition coefficient (Wildman–Crippen LogP) is 0.885. The number of carbonyl (C=O) groups excluding carboxylic acids is 1. The second-order valence-corrected chi connectivity index (χ2v) is 7.71. The van der Waals surface area contributed by atoms with Gasteiger partial charge >= 0.3 is 5.97 Å². The molecule has 3 saturated heterocycles. The Hall–Kier alpha value is -0.650. The number of hydrogen-bond donors (Lipinski definition) is 2. The Morgan fingerprint density at radius 2 is 1.76 bits per heavy atom. The van der Waals surface area contributed by atoms with Gasteiger partial charge in [0.15, 0.2) is 0 Å². The molecule has 3 fully saturated rings. The second-order valence-electron chi connectivity index (χ2n) is 7.71. The fraction of sp³-hybridized carbons (Fsp3) is 0.938. The number of carbonyl (C=O) groups is 1. The summed E-state index contributed by atoms with van der Waals surface area (Å²) in [7, 11) is 0. The van der Waals surface area contributed by atoms with Gasteiger partial charge in [0.2, 0.25) is 0 Å². The molecule has 0 radical (unpaired) electrons. The molecule has 3 heterocycles. The van der Waals surface area contributed by atoms with Gasteiger partial charge < -0.3 is 15.4 Å². The molecule has 0 aromatic heterocycles. The summed E-state index contributed by atoms with van der Waals surface area (Å²) in [5, 5.41) is 6.88. The van der Waals surface area contributed by atoms with Crippen molar-refractivity contribution in [2.24, 2.45) is 0 Å². The van der Waals surface area contributed by atoms with Crippen LogP contribution in [-0.2, 0) is 9.53 Å². The highest BCUT2D eigenvalue weighted by Crippen LogP contribution is 2.32. The lowest BCUT2D eigenvalue weighted by Crippen LogP contribution is -2.60. The van der Waals surface area contributed by atoms with Crippen LogP contribution in [-0.4, -0.2) is 60.3 Å². The van der Waals surface area contributed by atoms with E-state index in [0.29, 0.717) is 18.1 Å². The van der Waals surface area contributed by atoms with E-state index in [1.54, 1.807) is 0 Å². The number of hydrogen-bond acceptors (Lipinski definition) is 5. The molecular formula is C16H29N3O2. The summed E-state index contributed by atoms with van der Waals surface area (Å²) >= 11 is 0. The molecule has 0 saturated carbocycles. The largest absolute Gasteiger partial charge is 0.459 e. The highest BCUT2D eigenvalue weighted by Gasteiger charge is 2.43. The molecule has 3 aliphatic heterocycles. The second kappa shape index (κ2) is 5.86. The fourth-order valence-corrected chi connectivity index (χ4v) is 4.13. The van der Waals surface area contributed by atoms with Gasteiger partial charge in [0, 0.05) is 31.2 Å². The van der Waals surface area contributed by atoms with Crippen LogP contribution in [0, 0.1) is 0 Å². The molecule has 2 bridgehead atoms. The van der Waals surface area contributed by atoms with E-state index in [4.69, 9.17) is 4.74 Å². The lowest BCUT2D eigenvalue weighted by molar-refractivity contribution is -0.158. The number of nitrogens with one attached hydrogen (secondary N) is 2. The van der Waals surface area contributed by atoms with Crippen molar-refractivity contribution in [2.75, 3.05) is 19.6 Å². The first-order valence-corrected chi connectivity index (χ1v) is 8.38. The average Bonchev–Trinajstić information content (AvgIpc) is 2.67. The number of fused-ring (bicyclic) bond motifs is 2. The fourth-order valence-electron chi connectivity index (χ4n) is 4.13. The van der Waals surface area contributed by atoms with Crippen molar-refractivity contribution in [3.8, 4) is 0 Å². The third-order valence-corrected chi connectivity index (χ3v) is 4.93. The van der Waals surface area contributed by atoms with Crippen LogP contribution < -0.4 is 10.6 Å². The molecule has 0 amide bonds. The number of ether oxygens (including phenoxy) is 1. The van der Waals surface area contributed by atoms with Gasteiger partial charge in [-0.05, 0) is 53.0 Å². The third kappa shape index (κ3) is 3.41. The zero-order valence-electron chi connectivity index (χ0n) is 13.5. The highest BCUT2D eigenvalue weighted by atomic mass is 16.6. The van der Waals surface area contributed by atoms with Gasteiger partial charge in [-0.15, -0.1) is 0 Å². The van der Waals surface area contributed by atoms with Crippen LogP contribution in [0.2, 0.25) is 0 Å². The standard InChI is InChI=1S/C16H29N3O2/c1-16(2,3)21-15(20)14-8-11(6-7-18-14)19-12-4-5-13(19)10-17-9-12/h11-14,17-18H,4-10H2,1-3H3/t11-,12-,13-,14+/m0/s1. The first-order chi connectivity index (χ1) is 9.94. The Kier molecular flexibility index (Phi) is 4.26. The number of piperidine rings is 1. The van der Waals surface area contributed by atoms with E-state index in [0.717, 1.165) is 32.5 Å². The lowest BCUT2D eigenvalue weighted by atomic mass is 9.95. The number of esters is 1. The van der Waals surface area contributed by atoms with Crippen LogP contribution in [0.25, 0.3) is 0 Å². The van der Waals surface area contributed by atoms with Gasteiger partial charge in [-0.25, -0.2) is 0 Å². The molecule has 0 spiro atoms. The summed E-state index contributed by atoms with van der Waals surface area (Å²) < 4.78 is 5.55. The zero-order chi connectivity index (χ0) is 15.0. The maximum Gasteiger partial charge on any atom is 0.323 e. The molecule has 21 heavy (non-hydrogen) atoms. The van der Waals surface area contributed by atoms with E-state index in [1.165, 1.54) is 12.8 Å². The van der Waals surface area contributed by atoms with Gasteiger partial charge in [-0.2, -0.15) is 0 Å². The summed E-state index contributed by atoms with van der Waals surface area (Å²) in [6.45, 7) is 8.93. The van der Waals surface area contributed by atoms with Crippen molar-refractivity contribution in [3.05, 3.63) is 0 Å². The van der Waals surface area contributed by atoms with E-state index >= 15 is 0 Å². The summed E-state index contributed by atoms with van der Waals surface area (Å²) in [6.07, 6.45) is 4.64. The van der Waals surface area contributed by atoms with E-state index < -0.39 is 5.60 Å². The Bertz CT molecular complexity index is 377. The maximum absolute atomic E-state index is 12.3. The normalized spacial score (nSPS) is 37.5. The molecule has 5 nitrogen and oxygen atoms in total. The molecular weight excluding hydrogens is 266 g/mol. The third-order valence-electron chi connectivity index (χ3n) is 4.93. The van der Waals surface area contributed by atoms with Crippen LogP contribution in [0.5, 0.6) is 0 Å². The molecule has 0 aromatic carbocycles. The van der Waals surface area contributed by atoms with Crippen molar-refractivity contribution >= 4 is 5.97 Å². The maximum atomic E-state index is 12.3. The monoisotopic (exact) mass is 295 g/mol. The highest BCUT2D eigenvalue weighted by molar-refractivity contribution is 5.76. The molecule has 0 unspecified atom stereocenters. The number of piperazine rings is 1. The van der Waals surface area contributed by atoms with E-state index in [-0.39, 0.29) is 12.0 Å². The van der Waals surface area contributed by atoms with Gasteiger partial charge in [0.25, 0.3) is 0 Å². The summed E-state index contributed by atoms with van der Waals surface area (Å²) in [4.78, 5) is 15.0. The smallest absolute Gasteiger partial charge is 0.323 e. The first-order valence-electron chi connectivity index (χ1n) is 8.38. The molecule has 0 aromatic rings. The molecule has 2 N–H and O–H groups in total. The Balaban J connectivity index is 1.62. The van der Waals surface area contributed by atoms with Gasteiger partial charge in [-0.3, -0.25) is 9.69 Å². The Morgan fingerprint density at radius 1 is 1.10 bits per heavy atom. The summed E-state index contributed by atoms with van der Waals surface area (Å²) in [5.74, 6) is -0.0883. The van der Waals surface area contributed by atoms with Crippen molar-refractivity contribution < 1.29 is 9.53 Å². The van der Waals surface area contributed by atoms with Gasteiger partial charge in [0.1, 0.15) is 11.6 Å². The predicted molar refractivity (Wildman–Crippen MR) is 82.2 cm³/mol. The molecule has 3 rings (SSSR count). The van der Waals surface area contributed by atoms with Crippen LogP contribution in [0.15, 0.2) is 0 Å². The average molecular weight is 295 g/mol. The van der Waals surface area contributed by atoms with Gasteiger partial charge in [-0.1, -0.05) is 0 Å². The van der Waals surface area contributed by atoms with Crippen LogP contribution in [0.4, 0.5) is 0 Å². The molecule has 4 atom stereocenters. The van der Waals surface area contributed by atoms with Crippen LogP contribution in [0.1, 0.15) is 46.5 Å². The molecule has 120 valence electrons. The van der Waals surface area contributed by atoms with Crippen LogP contribution in [0.3, 0.4) is 0 Å². The Morgan fingerprint density at radius 3 is 2.38 bits per heavy atom. The van der Waals surface area contributed by atoms with Crippen molar-refractivity contribution in [3.63, 3.8) is 0 Å². The van der Waals surface area contributed by atoms with Crippen molar-refractivity contribution in [1.82, 2.24) is 15.5 Å². The topological polar surface area (TPSA) is 53.6 Å². The minimum Gasteiger partial charge on any atom is -0.459 e. The molecule has 0 aliphatic carbocycles. The van der Waals surface area contributed by atoms with Crippen molar-refractivity contribution in [2.45, 2.75) is 76.2 Å². The molecule has 5 heteroatoms. The van der Waals surface area contributed by atoms with E-state index in [2.05, 4.69) is 15.5 Å². The minimum absolute atomic E-state index is 0.0883. The summed E-state index contributed by atoms with van der Waals surface area (Å²) in [5.41, 5.74) is -0.403. The van der Waals surface area contributed by atoms with Crippen molar-refractivity contribution in [1.29, 1.82) is 0 Å². The quantitative estimate of drug-likeness (QED) is 0.741. The van der Waals surface area contributed by atoms with E-state index in [1.807, 2.05) is 20.8 Å². The lowest BCUT2D eigenvalue weighted by Gasteiger charge is -2.44. The van der Waals surface area contributed by atoms with Gasteiger partial charge in [0.05, 0.1) is 0 Å². The van der Waals surface area contributed by atoms with E-state index in [9.17, 15) is 4.79 Å². The van der Waals surface area contributed by atoms with Crippen LogP contribution >= 0.6 is 0 Å². The zero-order valence-corrected chi connectivity index (χ0v) is 13.5. The summed E-state index contributed by atoms with van der Waals surface area (Å²) in [6, 6.07) is 1.73. The SMILES string of the molecule is CC(C)(C)OC(=O)[C@H]1C[C@@H](N2[C@H]3CC[C@H]2CNC3)CCN1. The minimum atomic E-state index is -0.403.